The summed E-state index contributed by atoms with van der Waals surface area (Å²) >= 11 is 0. The van der Waals surface area contributed by atoms with E-state index in [-0.39, 0.29) is 11.2 Å². The largest absolute Gasteiger partial charge is 0.293 e. The van der Waals surface area contributed by atoms with E-state index in [0.717, 1.165) is 24.0 Å². The van der Waals surface area contributed by atoms with Gasteiger partial charge < -0.3 is 0 Å². The number of Topliss-reactive ketones (excluding diaryl/α,β-unsaturated/α-hetero) is 1. The van der Waals surface area contributed by atoms with E-state index in [0.29, 0.717) is 5.92 Å². The zero-order valence-corrected chi connectivity index (χ0v) is 11.9. The fraction of sp³-hybridized carbons (Fsp3) is 0.316. The summed E-state index contributed by atoms with van der Waals surface area (Å²) in [7, 11) is 0. The smallest absolute Gasteiger partial charge is 0.173 e. The molecule has 1 fully saturated rings. The minimum Gasteiger partial charge on any atom is -0.293 e. The maximum atomic E-state index is 13.1. The molecule has 0 spiro atoms. The Hall–Kier alpha value is -1.89. The normalized spacial score (nSPS) is 18.1. The minimum absolute atomic E-state index is 0.258. The fourth-order valence-corrected chi connectivity index (χ4v) is 3.21. The van der Waals surface area contributed by atoms with Gasteiger partial charge >= 0.3 is 0 Å². The van der Waals surface area contributed by atoms with E-state index in [1.807, 2.05) is 48.5 Å². The van der Waals surface area contributed by atoms with Crippen molar-refractivity contribution in [1.82, 2.24) is 0 Å². The summed E-state index contributed by atoms with van der Waals surface area (Å²) in [5.74, 6) is 0.728. The molecule has 1 heteroatoms. The highest BCUT2D eigenvalue weighted by Crippen LogP contribution is 2.45. The van der Waals surface area contributed by atoms with Crippen LogP contribution in [-0.2, 0) is 5.41 Å². The molecule has 20 heavy (non-hydrogen) atoms. The standard InChI is InChI=1S/C19H20O/c1-19(17-13-8-14-17,16-11-6-3-7-12-16)18(20)15-9-4-2-5-10-15/h2-7,9-12,17H,8,13-14H2,1H3. The Morgan fingerprint density at radius 1 is 0.950 bits per heavy atom. The van der Waals surface area contributed by atoms with E-state index in [2.05, 4.69) is 19.1 Å². The number of benzene rings is 2. The molecule has 0 heterocycles. The number of hydrogen-bond acceptors (Lipinski definition) is 1. The highest BCUT2D eigenvalue weighted by molar-refractivity contribution is 6.04. The van der Waals surface area contributed by atoms with Gasteiger partial charge in [0.1, 0.15) is 0 Å². The van der Waals surface area contributed by atoms with Crippen molar-refractivity contribution in [2.24, 2.45) is 5.92 Å². The first kappa shape index (κ1) is 13.1. The molecule has 1 nitrogen and oxygen atoms in total. The van der Waals surface area contributed by atoms with E-state index < -0.39 is 0 Å². The molecule has 3 rings (SSSR count). The van der Waals surface area contributed by atoms with E-state index in [9.17, 15) is 4.79 Å². The monoisotopic (exact) mass is 264 g/mol. The average molecular weight is 264 g/mol. The van der Waals surface area contributed by atoms with Crippen LogP contribution in [0.5, 0.6) is 0 Å². The van der Waals surface area contributed by atoms with Gasteiger partial charge in [0.15, 0.2) is 5.78 Å². The first-order valence-electron chi connectivity index (χ1n) is 7.38. The van der Waals surface area contributed by atoms with E-state index in [1.54, 1.807) is 0 Å². The van der Waals surface area contributed by atoms with Gasteiger partial charge in [-0.15, -0.1) is 0 Å². The molecule has 0 aliphatic heterocycles. The van der Waals surface area contributed by atoms with Gasteiger partial charge in [-0.1, -0.05) is 67.1 Å². The van der Waals surface area contributed by atoms with Gasteiger partial charge in [-0.2, -0.15) is 0 Å². The number of ketones is 1. The van der Waals surface area contributed by atoms with Gasteiger partial charge in [0, 0.05) is 5.56 Å². The summed E-state index contributed by atoms with van der Waals surface area (Å²) in [5.41, 5.74) is 1.59. The molecule has 0 bridgehead atoms. The molecule has 1 unspecified atom stereocenters. The van der Waals surface area contributed by atoms with Crippen molar-refractivity contribution in [3.8, 4) is 0 Å². The molecule has 1 atom stereocenters. The number of carbonyl (C=O) groups excluding carboxylic acids is 1. The summed E-state index contributed by atoms with van der Waals surface area (Å²) in [6.45, 7) is 2.13. The maximum absolute atomic E-state index is 13.1. The van der Waals surface area contributed by atoms with Crippen molar-refractivity contribution in [2.45, 2.75) is 31.6 Å². The minimum atomic E-state index is -0.388. The van der Waals surface area contributed by atoms with Crippen LogP contribution in [0.4, 0.5) is 0 Å². The molecule has 0 radical (unpaired) electrons. The second kappa shape index (κ2) is 5.24. The third-order valence-electron chi connectivity index (χ3n) is 4.80. The van der Waals surface area contributed by atoms with Gasteiger partial charge in [-0.3, -0.25) is 4.79 Å². The Bertz CT molecular complexity index is 584. The lowest BCUT2D eigenvalue weighted by Gasteiger charge is -2.42. The Kier molecular flexibility index (Phi) is 3.43. The number of carbonyl (C=O) groups is 1. The average Bonchev–Trinajstić information content (AvgIpc) is 2.46. The molecule has 2 aromatic rings. The van der Waals surface area contributed by atoms with E-state index in [4.69, 9.17) is 0 Å². The van der Waals surface area contributed by atoms with Crippen LogP contribution in [0.15, 0.2) is 60.7 Å². The topological polar surface area (TPSA) is 17.1 Å². The van der Waals surface area contributed by atoms with E-state index in [1.165, 1.54) is 6.42 Å². The van der Waals surface area contributed by atoms with Crippen molar-refractivity contribution in [2.75, 3.05) is 0 Å². The summed E-state index contributed by atoms with van der Waals surface area (Å²) in [5, 5.41) is 0. The lowest BCUT2D eigenvalue weighted by Crippen LogP contribution is -2.43. The first-order chi connectivity index (χ1) is 9.73. The summed E-state index contributed by atoms with van der Waals surface area (Å²) < 4.78 is 0. The molecular formula is C19H20O. The third kappa shape index (κ3) is 2.07. The van der Waals surface area contributed by atoms with Crippen LogP contribution in [0.25, 0.3) is 0 Å². The maximum Gasteiger partial charge on any atom is 0.173 e. The van der Waals surface area contributed by atoms with Crippen LogP contribution in [-0.4, -0.2) is 5.78 Å². The number of hydrogen-bond donors (Lipinski definition) is 0. The van der Waals surface area contributed by atoms with Crippen molar-refractivity contribution < 1.29 is 4.79 Å². The molecule has 1 aliphatic carbocycles. The molecule has 102 valence electrons. The molecule has 1 aliphatic rings. The quantitative estimate of drug-likeness (QED) is 0.736. The van der Waals surface area contributed by atoms with Crippen LogP contribution in [0.2, 0.25) is 0 Å². The summed E-state index contributed by atoms with van der Waals surface area (Å²) in [4.78, 5) is 13.1. The fourth-order valence-electron chi connectivity index (χ4n) is 3.21. The second-order valence-electron chi connectivity index (χ2n) is 5.89. The molecule has 0 aromatic heterocycles. The van der Waals surface area contributed by atoms with Crippen LogP contribution < -0.4 is 0 Å². The zero-order chi connectivity index (χ0) is 14.0. The predicted molar refractivity (Wildman–Crippen MR) is 81.9 cm³/mol. The Balaban J connectivity index is 2.05. The van der Waals surface area contributed by atoms with Crippen LogP contribution in [0, 0.1) is 5.92 Å². The lowest BCUT2D eigenvalue weighted by atomic mass is 9.60. The van der Waals surface area contributed by atoms with Crippen LogP contribution in [0.1, 0.15) is 42.1 Å². The van der Waals surface area contributed by atoms with Crippen molar-refractivity contribution in [3.05, 3.63) is 71.8 Å². The van der Waals surface area contributed by atoms with Crippen molar-refractivity contribution >= 4 is 5.78 Å². The van der Waals surface area contributed by atoms with Crippen LogP contribution in [0.3, 0.4) is 0 Å². The van der Waals surface area contributed by atoms with Gasteiger partial charge in [-0.25, -0.2) is 0 Å². The summed E-state index contributed by atoms with van der Waals surface area (Å²) in [6, 6.07) is 20.0. The highest BCUT2D eigenvalue weighted by Gasteiger charge is 2.45. The van der Waals surface area contributed by atoms with Gasteiger partial charge in [0.05, 0.1) is 5.41 Å². The Morgan fingerprint density at radius 3 is 2.00 bits per heavy atom. The Labute approximate surface area is 120 Å². The molecular weight excluding hydrogens is 244 g/mol. The summed E-state index contributed by atoms with van der Waals surface area (Å²) in [6.07, 6.45) is 3.56. The third-order valence-corrected chi connectivity index (χ3v) is 4.80. The van der Waals surface area contributed by atoms with Gasteiger partial charge in [-0.05, 0) is 31.2 Å². The van der Waals surface area contributed by atoms with Gasteiger partial charge in [0.25, 0.3) is 0 Å². The van der Waals surface area contributed by atoms with Crippen molar-refractivity contribution in [1.29, 1.82) is 0 Å². The molecule has 0 amide bonds. The van der Waals surface area contributed by atoms with Gasteiger partial charge in [0.2, 0.25) is 0 Å². The molecule has 0 N–H and O–H groups in total. The highest BCUT2D eigenvalue weighted by atomic mass is 16.1. The predicted octanol–water partition coefficient (Wildman–Crippen LogP) is 4.63. The lowest BCUT2D eigenvalue weighted by molar-refractivity contribution is 0.0759. The second-order valence-corrected chi connectivity index (χ2v) is 5.89. The van der Waals surface area contributed by atoms with Crippen molar-refractivity contribution in [3.63, 3.8) is 0 Å². The van der Waals surface area contributed by atoms with E-state index >= 15 is 0 Å². The molecule has 0 saturated heterocycles. The molecule has 2 aromatic carbocycles. The first-order valence-corrected chi connectivity index (χ1v) is 7.38. The molecule has 1 saturated carbocycles. The van der Waals surface area contributed by atoms with Crippen LogP contribution >= 0.6 is 0 Å². The number of rotatable bonds is 4. The Morgan fingerprint density at radius 2 is 1.50 bits per heavy atom. The zero-order valence-electron chi connectivity index (χ0n) is 11.9. The SMILES string of the molecule is CC(C(=O)c1ccccc1)(c1ccccc1)C1CCC1.